The largest absolute Gasteiger partial charge is 0.384 e. The minimum Gasteiger partial charge on any atom is -0.384 e. The van der Waals surface area contributed by atoms with Gasteiger partial charge in [-0.15, -0.1) is 11.3 Å². The lowest BCUT2D eigenvalue weighted by atomic mass is 9.63. The monoisotopic (exact) mass is 238 g/mol. The fourth-order valence-corrected chi connectivity index (χ4v) is 4.03. The van der Waals surface area contributed by atoms with E-state index in [9.17, 15) is 5.11 Å². The van der Waals surface area contributed by atoms with Gasteiger partial charge in [0.05, 0.1) is 0 Å². The molecule has 0 radical (unpaired) electrons. The maximum Gasteiger partial charge on any atom is 0.102 e. The number of thiophene rings is 1. The Kier molecular flexibility index (Phi) is 3.15. The molecule has 1 aromatic rings. The minimum absolute atomic E-state index is 0.180. The lowest BCUT2D eigenvalue weighted by Crippen LogP contribution is -2.44. The van der Waals surface area contributed by atoms with Crippen molar-refractivity contribution >= 4 is 11.3 Å². The van der Waals surface area contributed by atoms with Crippen LogP contribution in [0, 0.1) is 11.3 Å². The molecule has 0 spiro atoms. The fourth-order valence-electron chi connectivity index (χ4n) is 3.13. The third-order valence-electron chi connectivity index (χ3n) is 3.87. The predicted molar refractivity (Wildman–Crippen MR) is 69.6 cm³/mol. The molecule has 2 unspecified atom stereocenters. The molecule has 2 rings (SSSR count). The van der Waals surface area contributed by atoms with Crippen LogP contribution in [-0.2, 0) is 5.60 Å². The molecular weight excluding hydrogens is 216 g/mol. The van der Waals surface area contributed by atoms with E-state index in [-0.39, 0.29) is 5.41 Å². The van der Waals surface area contributed by atoms with E-state index in [0.717, 1.165) is 24.1 Å². The van der Waals surface area contributed by atoms with Gasteiger partial charge in [-0.3, -0.25) is 0 Å². The third-order valence-corrected chi connectivity index (χ3v) is 4.91. The van der Waals surface area contributed by atoms with Gasteiger partial charge in [0.15, 0.2) is 0 Å². The van der Waals surface area contributed by atoms with E-state index in [2.05, 4.69) is 32.2 Å². The van der Waals surface area contributed by atoms with E-state index in [1.165, 1.54) is 6.42 Å². The summed E-state index contributed by atoms with van der Waals surface area (Å²) in [5, 5.41) is 13.1. The number of aliphatic hydroxyl groups is 1. The van der Waals surface area contributed by atoms with Crippen LogP contribution in [0.2, 0.25) is 0 Å². The van der Waals surface area contributed by atoms with Gasteiger partial charge in [0.2, 0.25) is 0 Å². The smallest absolute Gasteiger partial charge is 0.102 e. The van der Waals surface area contributed by atoms with E-state index in [0.29, 0.717) is 5.92 Å². The summed E-state index contributed by atoms with van der Waals surface area (Å²) in [7, 11) is 0. The molecule has 1 heterocycles. The van der Waals surface area contributed by atoms with Gasteiger partial charge in [-0.05, 0) is 35.6 Å². The Labute approximate surface area is 103 Å². The molecule has 0 aliphatic heterocycles. The normalized spacial score (nSPS) is 31.6. The van der Waals surface area contributed by atoms with Crippen LogP contribution >= 0.6 is 11.3 Å². The average molecular weight is 238 g/mol. The summed E-state index contributed by atoms with van der Waals surface area (Å²) in [4.78, 5) is 1.16. The summed E-state index contributed by atoms with van der Waals surface area (Å²) in [6.45, 7) is 6.75. The van der Waals surface area contributed by atoms with Crippen molar-refractivity contribution in [3.8, 4) is 0 Å². The van der Waals surface area contributed by atoms with E-state index in [1.807, 2.05) is 6.07 Å². The van der Waals surface area contributed by atoms with Crippen molar-refractivity contribution in [2.24, 2.45) is 11.3 Å². The van der Waals surface area contributed by atoms with Crippen LogP contribution in [0.4, 0.5) is 0 Å². The second-order valence-corrected chi connectivity index (χ2v) is 7.01. The summed E-state index contributed by atoms with van der Waals surface area (Å²) >= 11 is 1.70. The topological polar surface area (TPSA) is 20.2 Å². The van der Waals surface area contributed by atoms with E-state index in [4.69, 9.17) is 0 Å². The van der Waals surface area contributed by atoms with Crippen LogP contribution in [0.1, 0.15) is 51.3 Å². The van der Waals surface area contributed by atoms with Crippen molar-refractivity contribution < 1.29 is 5.11 Å². The molecule has 1 aromatic heterocycles. The second-order valence-electron chi connectivity index (χ2n) is 6.07. The molecule has 1 fully saturated rings. The predicted octanol–water partition coefficient (Wildman–Crippen LogP) is 4.17. The number of hydrogen-bond acceptors (Lipinski definition) is 2. The zero-order valence-electron chi connectivity index (χ0n) is 10.5. The van der Waals surface area contributed by atoms with Crippen LogP contribution < -0.4 is 0 Å². The van der Waals surface area contributed by atoms with E-state index >= 15 is 0 Å². The van der Waals surface area contributed by atoms with Crippen molar-refractivity contribution in [3.63, 3.8) is 0 Å². The van der Waals surface area contributed by atoms with Gasteiger partial charge in [0.1, 0.15) is 5.60 Å². The molecule has 1 aliphatic carbocycles. The number of rotatable bonds is 1. The van der Waals surface area contributed by atoms with Gasteiger partial charge in [-0.1, -0.05) is 39.7 Å². The first kappa shape index (κ1) is 12.1. The summed E-state index contributed by atoms with van der Waals surface area (Å²) in [6, 6.07) is 4.14. The highest BCUT2D eigenvalue weighted by Gasteiger charge is 2.46. The highest BCUT2D eigenvalue weighted by molar-refractivity contribution is 7.10. The zero-order valence-corrected chi connectivity index (χ0v) is 11.3. The van der Waals surface area contributed by atoms with Crippen molar-refractivity contribution in [2.75, 3.05) is 0 Å². The average Bonchev–Trinajstić information content (AvgIpc) is 2.69. The summed E-state index contributed by atoms with van der Waals surface area (Å²) in [5.41, 5.74) is -0.399. The maximum absolute atomic E-state index is 11.0. The Morgan fingerprint density at radius 3 is 2.69 bits per heavy atom. The highest BCUT2D eigenvalue weighted by Crippen LogP contribution is 2.50. The van der Waals surface area contributed by atoms with E-state index < -0.39 is 5.60 Å². The maximum atomic E-state index is 11.0. The van der Waals surface area contributed by atoms with Crippen LogP contribution in [-0.4, -0.2) is 5.11 Å². The highest BCUT2D eigenvalue weighted by atomic mass is 32.1. The SMILES string of the molecule is CC(C)(C)C1CCCCC1(O)c1cccs1. The van der Waals surface area contributed by atoms with Gasteiger partial charge in [-0.25, -0.2) is 0 Å². The van der Waals surface area contributed by atoms with Gasteiger partial charge in [0.25, 0.3) is 0 Å². The standard InChI is InChI=1S/C14H22OS/c1-13(2,3)11-7-4-5-9-14(11,15)12-8-6-10-16-12/h6,8,10-11,15H,4-5,7,9H2,1-3H3. The Morgan fingerprint density at radius 2 is 2.12 bits per heavy atom. The van der Waals surface area contributed by atoms with Crippen LogP contribution in [0.25, 0.3) is 0 Å². The van der Waals surface area contributed by atoms with Crippen LogP contribution in [0.5, 0.6) is 0 Å². The van der Waals surface area contributed by atoms with E-state index in [1.54, 1.807) is 11.3 Å². The summed E-state index contributed by atoms with van der Waals surface area (Å²) in [5.74, 6) is 0.382. The zero-order chi connectivity index (χ0) is 11.8. The van der Waals surface area contributed by atoms with Crippen LogP contribution in [0.3, 0.4) is 0 Å². The summed E-state index contributed by atoms with van der Waals surface area (Å²) < 4.78 is 0. The third kappa shape index (κ3) is 2.05. The van der Waals surface area contributed by atoms with Crippen molar-refractivity contribution in [2.45, 2.75) is 52.1 Å². The van der Waals surface area contributed by atoms with Crippen molar-refractivity contribution in [1.29, 1.82) is 0 Å². The number of hydrogen-bond donors (Lipinski definition) is 1. The second kappa shape index (κ2) is 4.15. The Bertz CT molecular complexity index is 336. The van der Waals surface area contributed by atoms with Gasteiger partial charge in [0, 0.05) is 4.88 Å². The van der Waals surface area contributed by atoms with Gasteiger partial charge < -0.3 is 5.11 Å². The Balaban J connectivity index is 2.35. The molecular formula is C14H22OS. The first-order valence-corrected chi connectivity index (χ1v) is 7.09. The van der Waals surface area contributed by atoms with Gasteiger partial charge >= 0.3 is 0 Å². The molecule has 0 amide bonds. The fraction of sp³-hybridized carbons (Fsp3) is 0.714. The molecule has 2 atom stereocenters. The first-order chi connectivity index (χ1) is 7.44. The van der Waals surface area contributed by atoms with Crippen LogP contribution in [0.15, 0.2) is 17.5 Å². The first-order valence-electron chi connectivity index (χ1n) is 6.21. The summed E-state index contributed by atoms with van der Waals surface area (Å²) in [6.07, 6.45) is 4.49. The quantitative estimate of drug-likeness (QED) is 0.778. The molecule has 90 valence electrons. The molecule has 0 bridgehead atoms. The van der Waals surface area contributed by atoms with Crippen molar-refractivity contribution in [1.82, 2.24) is 0 Å². The molecule has 0 saturated heterocycles. The Morgan fingerprint density at radius 1 is 1.38 bits per heavy atom. The molecule has 2 heteroatoms. The minimum atomic E-state index is -0.579. The molecule has 0 aromatic carbocycles. The molecule has 1 aliphatic rings. The molecule has 16 heavy (non-hydrogen) atoms. The lowest BCUT2D eigenvalue weighted by Gasteiger charge is -2.46. The lowest BCUT2D eigenvalue weighted by molar-refractivity contribution is -0.0933. The Hall–Kier alpha value is -0.340. The molecule has 1 nitrogen and oxygen atoms in total. The molecule has 1 N–H and O–H groups in total. The van der Waals surface area contributed by atoms with Gasteiger partial charge in [-0.2, -0.15) is 0 Å². The molecule has 1 saturated carbocycles. The van der Waals surface area contributed by atoms with Crippen molar-refractivity contribution in [3.05, 3.63) is 22.4 Å².